The molecule has 24 heavy (non-hydrogen) atoms. The van der Waals surface area contributed by atoms with E-state index in [9.17, 15) is 13.6 Å². The predicted octanol–water partition coefficient (Wildman–Crippen LogP) is 3.32. The van der Waals surface area contributed by atoms with Gasteiger partial charge in [-0.3, -0.25) is 0 Å². The average Bonchev–Trinajstić information content (AvgIpc) is 3.24. The first-order chi connectivity index (χ1) is 11.7. The van der Waals surface area contributed by atoms with Gasteiger partial charge in [-0.25, -0.2) is 4.39 Å². The smallest absolute Gasteiger partial charge is 0.207 e. The first-order valence-electron chi connectivity index (χ1n) is 7.86. The second-order valence-electron chi connectivity index (χ2n) is 5.57. The van der Waals surface area contributed by atoms with Gasteiger partial charge >= 0.3 is 0 Å². The summed E-state index contributed by atoms with van der Waals surface area (Å²) in [6, 6.07) is 1.40. The van der Waals surface area contributed by atoms with Crippen LogP contribution in [-0.4, -0.2) is 30.7 Å². The molecule has 0 amide bonds. The van der Waals surface area contributed by atoms with Gasteiger partial charge in [-0.2, -0.15) is 4.39 Å². The second kappa shape index (κ2) is 7.23. The van der Waals surface area contributed by atoms with E-state index in [1.54, 1.807) is 0 Å². The first kappa shape index (κ1) is 16.8. The number of anilines is 1. The van der Waals surface area contributed by atoms with Gasteiger partial charge in [0.25, 0.3) is 0 Å². The molecule has 1 N–H and O–H groups in total. The molecule has 2 aromatic rings. The van der Waals surface area contributed by atoms with Crippen LogP contribution in [0.2, 0.25) is 0 Å². The summed E-state index contributed by atoms with van der Waals surface area (Å²) in [4.78, 5) is 10.5. The SMILES string of the molecule is CC[C@@H](CCC=O)Nc1noc2c(F)c(F)c(C3OCCO3)cc12. The van der Waals surface area contributed by atoms with E-state index in [-0.39, 0.29) is 17.2 Å². The van der Waals surface area contributed by atoms with Crippen LogP contribution in [0.5, 0.6) is 0 Å². The third-order valence-corrected chi connectivity index (χ3v) is 4.02. The number of carbonyl (C=O) groups excluding carboxylic acids is 1. The normalized spacial score (nSPS) is 16.6. The van der Waals surface area contributed by atoms with Crippen molar-refractivity contribution in [1.29, 1.82) is 0 Å². The Labute approximate surface area is 137 Å². The van der Waals surface area contributed by atoms with E-state index in [1.807, 2.05) is 6.92 Å². The van der Waals surface area contributed by atoms with Crippen molar-refractivity contribution in [2.45, 2.75) is 38.5 Å². The van der Waals surface area contributed by atoms with Crippen LogP contribution in [-0.2, 0) is 14.3 Å². The highest BCUT2D eigenvalue weighted by molar-refractivity contribution is 5.89. The number of carbonyl (C=O) groups is 1. The number of hydrogen-bond donors (Lipinski definition) is 1. The van der Waals surface area contributed by atoms with Gasteiger partial charge in [0.15, 0.2) is 17.9 Å². The highest BCUT2D eigenvalue weighted by Gasteiger charge is 2.28. The second-order valence-corrected chi connectivity index (χ2v) is 5.57. The average molecular weight is 340 g/mol. The molecular weight excluding hydrogens is 322 g/mol. The third kappa shape index (κ3) is 3.11. The molecule has 1 saturated heterocycles. The molecule has 1 atom stereocenters. The Balaban J connectivity index is 1.96. The molecule has 2 heterocycles. The molecule has 0 unspecified atom stereocenters. The van der Waals surface area contributed by atoms with Gasteiger partial charge in [0, 0.05) is 18.0 Å². The fraction of sp³-hybridized carbons (Fsp3) is 0.500. The summed E-state index contributed by atoms with van der Waals surface area (Å²) in [5.41, 5.74) is -0.285. The number of ether oxygens (including phenoxy) is 2. The van der Waals surface area contributed by atoms with E-state index in [0.29, 0.717) is 37.3 Å². The quantitative estimate of drug-likeness (QED) is 0.780. The monoisotopic (exact) mass is 340 g/mol. The molecule has 1 aromatic carbocycles. The van der Waals surface area contributed by atoms with Gasteiger partial charge in [0.05, 0.1) is 18.6 Å². The number of halogens is 2. The van der Waals surface area contributed by atoms with E-state index in [1.165, 1.54) is 6.07 Å². The van der Waals surface area contributed by atoms with E-state index in [2.05, 4.69) is 10.5 Å². The minimum atomic E-state index is -1.12. The van der Waals surface area contributed by atoms with Gasteiger partial charge in [-0.05, 0) is 18.9 Å². The topological polar surface area (TPSA) is 73.6 Å². The van der Waals surface area contributed by atoms with Crippen LogP contribution in [0.4, 0.5) is 14.6 Å². The third-order valence-electron chi connectivity index (χ3n) is 4.02. The number of rotatable bonds is 7. The lowest BCUT2D eigenvalue weighted by Gasteiger charge is -2.15. The summed E-state index contributed by atoms with van der Waals surface area (Å²) in [5, 5.41) is 7.23. The number of fused-ring (bicyclic) bond motifs is 1. The van der Waals surface area contributed by atoms with Crippen molar-refractivity contribution < 1.29 is 27.6 Å². The Morgan fingerprint density at radius 2 is 2.12 bits per heavy atom. The molecule has 1 aromatic heterocycles. The zero-order valence-electron chi connectivity index (χ0n) is 13.2. The highest BCUT2D eigenvalue weighted by atomic mass is 19.2. The Morgan fingerprint density at radius 3 is 2.79 bits per heavy atom. The maximum Gasteiger partial charge on any atom is 0.207 e. The van der Waals surface area contributed by atoms with Crippen LogP contribution in [0.25, 0.3) is 11.0 Å². The maximum absolute atomic E-state index is 14.3. The molecule has 0 bridgehead atoms. The minimum Gasteiger partial charge on any atom is -0.364 e. The van der Waals surface area contributed by atoms with Crippen LogP contribution in [0.15, 0.2) is 10.6 Å². The molecule has 0 aliphatic carbocycles. The lowest BCUT2D eigenvalue weighted by atomic mass is 10.1. The summed E-state index contributed by atoms with van der Waals surface area (Å²) in [6.07, 6.45) is 1.66. The molecule has 0 saturated carbocycles. The van der Waals surface area contributed by atoms with Crippen LogP contribution >= 0.6 is 0 Å². The fourth-order valence-electron chi connectivity index (χ4n) is 2.69. The first-order valence-corrected chi connectivity index (χ1v) is 7.86. The van der Waals surface area contributed by atoms with Crippen LogP contribution < -0.4 is 5.32 Å². The lowest BCUT2D eigenvalue weighted by Crippen LogP contribution is -2.18. The zero-order valence-corrected chi connectivity index (χ0v) is 13.2. The van der Waals surface area contributed by atoms with Crippen molar-refractivity contribution in [1.82, 2.24) is 5.16 Å². The summed E-state index contributed by atoms with van der Waals surface area (Å²) in [5.74, 6) is -1.88. The van der Waals surface area contributed by atoms with Crippen molar-refractivity contribution in [2.24, 2.45) is 0 Å². The fourth-order valence-corrected chi connectivity index (χ4v) is 2.69. The molecule has 8 heteroatoms. The van der Waals surface area contributed by atoms with E-state index in [0.717, 1.165) is 12.7 Å². The van der Waals surface area contributed by atoms with Gasteiger partial charge < -0.3 is 24.1 Å². The van der Waals surface area contributed by atoms with E-state index >= 15 is 0 Å². The van der Waals surface area contributed by atoms with Crippen LogP contribution in [0.3, 0.4) is 0 Å². The van der Waals surface area contributed by atoms with Crippen LogP contribution in [0.1, 0.15) is 38.0 Å². The molecule has 6 nitrogen and oxygen atoms in total. The number of aldehydes is 1. The van der Waals surface area contributed by atoms with Crippen molar-refractivity contribution in [3.8, 4) is 0 Å². The molecule has 0 spiro atoms. The Hall–Kier alpha value is -2.06. The summed E-state index contributed by atoms with van der Waals surface area (Å²) < 4.78 is 43.9. The number of benzene rings is 1. The van der Waals surface area contributed by atoms with Gasteiger partial charge in [0.2, 0.25) is 11.4 Å². The van der Waals surface area contributed by atoms with Gasteiger partial charge in [0.1, 0.15) is 6.29 Å². The van der Waals surface area contributed by atoms with Gasteiger partial charge in [-0.15, -0.1) is 0 Å². The summed E-state index contributed by atoms with van der Waals surface area (Å²) in [7, 11) is 0. The Morgan fingerprint density at radius 1 is 1.38 bits per heavy atom. The van der Waals surface area contributed by atoms with Crippen molar-refractivity contribution >= 4 is 23.1 Å². The number of nitrogens with zero attached hydrogens (tertiary/aromatic N) is 1. The van der Waals surface area contributed by atoms with E-state index in [4.69, 9.17) is 14.0 Å². The summed E-state index contributed by atoms with van der Waals surface area (Å²) >= 11 is 0. The zero-order chi connectivity index (χ0) is 17.1. The highest BCUT2D eigenvalue weighted by Crippen LogP contribution is 2.34. The Bertz CT molecular complexity index is 728. The largest absolute Gasteiger partial charge is 0.364 e. The molecule has 1 fully saturated rings. The minimum absolute atomic E-state index is 0.0234. The maximum atomic E-state index is 14.3. The molecular formula is C16H18F2N2O4. The number of nitrogens with one attached hydrogen (secondary N) is 1. The van der Waals surface area contributed by atoms with Crippen LogP contribution in [0, 0.1) is 11.6 Å². The predicted molar refractivity (Wildman–Crippen MR) is 81.6 cm³/mol. The van der Waals surface area contributed by atoms with Crippen molar-refractivity contribution in [3.63, 3.8) is 0 Å². The molecule has 130 valence electrons. The molecule has 3 rings (SSSR count). The lowest BCUT2D eigenvalue weighted by molar-refractivity contribution is -0.108. The standard InChI is InChI=1S/C16H18F2N2O4/c1-2-9(4-3-5-21)19-15-11-8-10(16-22-6-7-23-16)12(17)13(18)14(11)24-20-15/h5,8-9,16H,2-4,6-7H2,1H3,(H,19,20)/t9-/m0/s1. The molecule has 1 aliphatic rings. The van der Waals surface area contributed by atoms with Crippen molar-refractivity contribution in [2.75, 3.05) is 18.5 Å². The Kier molecular flexibility index (Phi) is 5.06. The van der Waals surface area contributed by atoms with E-state index < -0.39 is 17.9 Å². The van der Waals surface area contributed by atoms with Crippen molar-refractivity contribution in [3.05, 3.63) is 23.3 Å². The number of aromatic nitrogens is 1. The molecule has 1 aliphatic heterocycles. The summed E-state index contributed by atoms with van der Waals surface area (Å²) in [6.45, 7) is 2.60. The number of hydrogen-bond acceptors (Lipinski definition) is 6. The molecule has 0 radical (unpaired) electrons. The van der Waals surface area contributed by atoms with Gasteiger partial charge in [-0.1, -0.05) is 12.1 Å².